The zero-order valence-electron chi connectivity index (χ0n) is 9.28. The van der Waals surface area contributed by atoms with Crippen LogP contribution in [0.3, 0.4) is 0 Å². The molecule has 0 saturated heterocycles. The van der Waals surface area contributed by atoms with E-state index >= 15 is 0 Å². The highest BCUT2D eigenvalue weighted by Gasteiger charge is 1.96. The van der Waals surface area contributed by atoms with E-state index in [0.29, 0.717) is 5.75 Å². The third-order valence-corrected chi connectivity index (χ3v) is 1.95. The number of carbonyl (C=O) groups is 1. The molecule has 17 heavy (non-hydrogen) atoms. The highest BCUT2D eigenvalue weighted by atomic mass is 16.4. The summed E-state index contributed by atoms with van der Waals surface area (Å²) < 4.78 is 0. The van der Waals surface area contributed by atoms with Crippen molar-refractivity contribution < 1.29 is 15.0 Å². The van der Waals surface area contributed by atoms with Gasteiger partial charge in [-0.2, -0.15) is 0 Å². The fraction of sp³-hybridized carbons (Fsp3) is 0.0714. The van der Waals surface area contributed by atoms with Gasteiger partial charge in [0, 0.05) is 0 Å². The quantitative estimate of drug-likeness (QED) is 0.834. The first-order valence-electron chi connectivity index (χ1n) is 5.18. The maximum atomic E-state index is 10.2. The Morgan fingerprint density at radius 3 is 1.71 bits per heavy atom. The van der Waals surface area contributed by atoms with E-state index < -0.39 is 5.97 Å². The molecule has 0 saturated carbocycles. The number of hydrogen-bond acceptors (Lipinski definition) is 2. The van der Waals surface area contributed by atoms with E-state index in [1.165, 1.54) is 0 Å². The van der Waals surface area contributed by atoms with Gasteiger partial charge in [0.05, 0.1) is 6.42 Å². The third kappa shape index (κ3) is 5.99. The Hall–Kier alpha value is -2.29. The molecule has 0 bridgehead atoms. The number of carboxylic acid groups (broad SMARTS) is 1. The van der Waals surface area contributed by atoms with Crippen LogP contribution >= 0.6 is 0 Å². The fourth-order valence-corrected chi connectivity index (χ4v) is 1.20. The molecule has 2 rings (SSSR count). The second-order valence-electron chi connectivity index (χ2n) is 3.39. The van der Waals surface area contributed by atoms with E-state index in [1.54, 1.807) is 36.4 Å². The standard InChI is InChI=1S/C8H8O2.C6H6O/c9-8(10)6-7-4-2-1-3-5-7;7-6-4-2-1-3-5-6/h1-5H,6H2,(H,9,10);1-5,7H. The molecule has 2 aromatic carbocycles. The number of benzene rings is 2. The third-order valence-electron chi connectivity index (χ3n) is 1.95. The lowest BCUT2D eigenvalue weighted by Gasteiger charge is -1.92. The van der Waals surface area contributed by atoms with Crippen molar-refractivity contribution in [2.24, 2.45) is 0 Å². The summed E-state index contributed by atoms with van der Waals surface area (Å²) in [6.45, 7) is 0. The monoisotopic (exact) mass is 230 g/mol. The van der Waals surface area contributed by atoms with E-state index in [1.807, 2.05) is 24.3 Å². The number of rotatable bonds is 2. The van der Waals surface area contributed by atoms with E-state index in [4.69, 9.17) is 10.2 Å². The zero-order chi connectivity index (χ0) is 12.5. The smallest absolute Gasteiger partial charge is 0.307 e. The van der Waals surface area contributed by atoms with Crippen LogP contribution < -0.4 is 0 Å². The number of aliphatic carboxylic acids is 1. The summed E-state index contributed by atoms with van der Waals surface area (Å²) in [7, 11) is 0. The zero-order valence-corrected chi connectivity index (χ0v) is 9.28. The van der Waals surface area contributed by atoms with Crippen LogP contribution in [0.15, 0.2) is 60.7 Å². The molecule has 3 heteroatoms. The molecule has 2 aromatic rings. The van der Waals surface area contributed by atoms with Crippen LogP contribution in [0.5, 0.6) is 5.75 Å². The molecule has 0 amide bonds. The molecular weight excluding hydrogens is 216 g/mol. The summed E-state index contributed by atoms with van der Waals surface area (Å²) in [6, 6.07) is 17.8. The second-order valence-corrected chi connectivity index (χ2v) is 3.39. The summed E-state index contributed by atoms with van der Waals surface area (Å²) in [6.07, 6.45) is 0.112. The van der Waals surface area contributed by atoms with Crippen LogP contribution in [0.25, 0.3) is 0 Å². The van der Waals surface area contributed by atoms with Crippen molar-refractivity contribution in [3.8, 4) is 5.75 Å². The Morgan fingerprint density at radius 2 is 1.35 bits per heavy atom. The molecule has 0 radical (unpaired) electrons. The molecular formula is C14H14O3. The summed E-state index contributed by atoms with van der Waals surface area (Å²) in [5, 5.41) is 17.0. The fourth-order valence-electron chi connectivity index (χ4n) is 1.20. The molecule has 0 aromatic heterocycles. The van der Waals surface area contributed by atoms with E-state index in [-0.39, 0.29) is 6.42 Å². The first kappa shape index (κ1) is 12.8. The van der Waals surface area contributed by atoms with Crippen LogP contribution in [0.1, 0.15) is 5.56 Å². The van der Waals surface area contributed by atoms with Crippen molar-refractivity contribution in [2.75, 3.05) is 0 Å². The summed E-state index contributed by atoms with van der Waals surface area (Å²) in [4.78, 5) is 10.2. The minimum absolute atomic E-state index is 0.112. The van der Waals surface area contributed by atoms with Crippen LogP contribution in [0.4, 0.5) is 0 Å². The van der Waals surface area contributed by atoms with Gasteiger partial charge >= 0.3 is 5.97 Å². The topological polar surface area (TPSA) is 57.5 Å². The highest BCUT2D eigenvalue weighted by molar-refractivity contribution is 5.70. The average molecular weight is 230 g/mol. The van der Waals surface area contributed by atoms with Gasteiger partial charge in [0.2, 0.25) is 0 Å². The molecule has 0 atom stereocenters. The van der Waals surface area contributed by atoms with Crippen molar-refractivity contribution in [3.05, 3.63) is 66.2 Å². The molecule has 0 aliphatic rings. The van der Waals surface area contributed by atoms with Gasteiger partial charge in [-0.05, 0) is 17.7 Å². The summed E-state index contributed by atoms with van der Waals surface area (Å²) >= 11 is 0. The molecule has 0 aliphatic carbocycles. The van der Waals surface area contributed by atoms with Gasteiger partial charge in [0.25, 0.3) is 0 Å². The number of hydrogen-bond donors (Lipinski definition) is 2. The van der Waals surface area contributed by atoms with Crippen molar-refractivity contribution in [1.29, 1.82) is 0 Å². The van der Waals surface area contributed by atoms with Crippen molar-refractivity contribution in [3.63, 3.8) is 0 Å². The Labute approximate surface area is 100.0 Å². The van der Waals surface area contributed by atoms with E-state index in [0.717, 1.165) is 5.56 Å². The lowest BCUT2D eigenvalue weighted by molar-refractivity contribution is -0.136. The Balaban J connectivity index is 0.000000181. The summed E-state index contributed by atoms with van der Waals surface area (Å²) in [5.41, 5.74) is 0.843. The van der Waals surface area contributed by atoms with Gasteiger partial charge in [-0.1, -0.05) is 48.5 Å². The van der Waals surface area contributed by atoms with Gasteiger partial charge in [-0.3, -0.25) is 4.79 Å². The van der Waals surface area contributed by atoms with Crippen molar-refractivity contribution in [2.45, 2.75) is 6.42 Å². The van der Waals surface area contributed by atoms with Crippen LogP contribution in [-0.4, -0.2) is 16.2 Å². The molecule has 0 fully saturated rings. The SMILES string of the molecule is O=C(O)Cc1ccccc1.Oc1ccccc1. The molecule has 0 spiro atoms. The van der Waals surface area contributed by atoms with Crippen LogP contribution in [0, 0.1) is 0 Å². The van der Waals surface area contributed by atoms with Crippen molar-refractivity contribution in [1.82, 2.24) is 0 Å². The van der Waals surface area contributed by atoms with E-state index in [9.17, 15) is 4.79 Å². The van der Waals surface area contributed by atoms with Crippen LogP contribution in [0.2, 0.25) is 0 Å². The van der Waals surface area contributed by atoms with Gasteiger partial charge in [-0.15, -0.1) is 0 Å². The molecule has 0 aliphatic heterocycles. The second kappa shape index (κ2) is 7.06. The van der Waals surface area contributed by atoms with Gasteiger partial charge in [0.15, 0.2) is 0 Å². The first-order valence-corrected chi connectivity index (χ1v) is 5.18. The van der Waals surface area contributed by atoms with Crippen molar-refractivity contribution >= 4 is 5.97 Å². The van der Waals surface area contributed by atoms with Gasteiger partial charge in [-0.25, -0.2) is 0 Å². The van der Waals surface area contributed by atoms with E-state index in [2.05, 4.69) is 0 Å². The maximum absolute atomic E-state index is 10.2. The average Bonchev–Trinajstić information content (AvgIpc) is 2.31. The van der Waals surface area contributed by atoms with Gasteiger partial charge in [0.1, 0.15) is 5.75 Å². The summed E-state index contributed by atoms with van der Waals surface area (Å²) in [5.74, 6) is -0.464. The molecule has 3 nitrogen and oxygen atoms in total. The molecule has 0 unspecified atom stereocenters. The molecule has 2 N–H and O–H groups in total. The largest absolute Gasteiger partial charge is 0.508 e. The predicted octanol–water partition coefficient (Wildman–Crippen LogP) is 2.71. The molecule has 88 valence electrons. The number of carboxylic acids is 1. The maximum Gasteiger partial charge on any atom is 0.307 e. The van der Waals surface area contributed by atoms with Crippen LogP contribution in [-0.2, 0) is 11.2 Å². The number of para-hydroxylation sites is 1. The number of phenolic OH excluding ortho intramolecular Hbond substituents is 1. The minimum Gasteiger partial charge on any atom is -0.508 e. The Kier molecular flexibility index (Phi) is 5.31. The lowest BCUT2D eigenvalue weighted by atomic mass is 10.2. The highest BCUT2D eigenvalue weighted by Crippen LogP contribution is 2.02. The Morgan fingerprint density at radius 1 is 0.882 bits per heavy atom. The number of aromatic hydroxyl groups is 1. The normalized spacial score (nSPS) is 8.94. The van der Waals surface area contributed by atoms with Gasteiger partial charge < -0.3 is 10.2 Å². The molecule has 0 heterocycles. The Bertz CT molecular complexity index is 438. The predicted molar refractivity (Wildman–Crippen MR) is 65.9 cm³/mol. The minimum atomic E-state index is -0.786. The first-order chi connectivity index (χ1) is 8.18. The number of phenols is 1. The lowest BCUT2D eigenvalue weighted by Crippen LogP contribution is -1.98.